The lowest BCUT2D eigenvalue weighted by atomic mass is 10.1. The molecule has 1 N–H and O–H groups in total. The highest BCUT2D eigenvalue weighted by Gasteiger charge is 2.25. The first-order valence-corrected chi connectivity index (χ1v) is 5.68. The summed E-state index contributed by atoms with van der Waals surface area (Å²) in [5.41, 5.74) is 1.56. The van der Waals surface area contributed by atoms with E-state index in [4.69, 9.17) is 11.6 Å². The Bertz CT molecular complexity index is 399. The van der Waals surface area contributed by atoms with Gasteiger partial charge in [-0.1, -0.05) is 11.6 Å². The second kappa shape index (κ2) is 4.44. The average molecular weight is 240 g/mol. The molecule has 1 aliphatic rings. The number of carbonyl (C=O) groups excluding carboxylic acids is 1. The van der Waals surface area contributed by atoms with E-state index in [0.29, 0.717) is 30.1 Å². The predicted octanol–water partition coefficient (Wildman–Crippen LogP) is 1.86. The molecule has 0 spiro atoms. The Labute approximate surface area is 99.6 Å². The molecule has 0 saturated carbocycles. The van der Waals surface area contributed by atoms with E-state index < -0.39 is 0 Å². The number of rotatable bonds is 1. The van der Waals surface area contributed by atoms with Crippen molar-refractivity contribution >= 4 is 17.5 Å². The highest BCUT2D eigenvalue weighted by atomic mass is 35.5. The molecule has 1 unspecified atom stereocenters. The van der Waals surface area contributed by atoms with E-state index in [2.05, 4.69) is 0 Å². The molecule has 1 aromatic carbocycles. The van der Waals surface area contributed by atoms with E-state index in [-0.39, 0.29) is 12.0 Å². The minimum absolute atomic E-state index is 0.0536. The number of hydrogen-bond acceptors (Lipinski definition) is 2. The molecule has 1 amide bonds. The predicted molar refractivity (Wildman–Crippen MR) is 62.7 cm³/mol. The Morgan fingerprint density at radius 2 is 2.25 bits per heavy atom. The molecule has 1 aliphatic heterocycles. The van der Waals surface area contributed by atoms with Crippen LogP contribution < -0.4 is 0 Å². The van der Waals surface area contributed by atoms with E-state index in [1.807, 2.05) is 19.1 Å². The van der Waals surface area contributed by atoms with Crippen LogP contribution >= 0.6 is 11.6 Å². The SMILES string of the molecule is Cc1cc(Cl)cc(C(=O)N2CCC(O)C2)c1. The number of amides is 1. The lowest BCUT2D eigenvalue weighted by Crippen LogP contribution is -2.29. The van der Waals surface area contributed by atoms with E-state index in [1.54, 1.807) is 11.0 Å². The molecule has 1 heterocycles. The molecular formula is C12H14ClNO2. The van der Waals surface area contributed by atoms with Gasteiger partial charge in [0.25, 0.3) is 5.91 Å². The topological polar surface area (TPSA) is 40.5 Å². The molecule has 1 atom stereocenters. The van der Waals surface area contributed by atoms with Crippen LogP contribution in [-0.2, 0) is 0 Å². The van der Waals surface area contributed by atoms with Crippen molar-refractivity contribution in [2.24, 2.45) is 0 Å². The minimum Gasteiger partial charge on any atom is -0.391 e. The van der Waals surface area contributed by atoms with Crippen molar-refractivity contribution in [3.05, 3.63) is 34.3 Å². The third-order valence-electron chi connectivity index (χ3n) is 2.74. The molecule has 2 rings (SSSR count). The summed E-state index contributed by atoms with van der Waals surface area (Å²) < 4.78 is 0. The third-order valence-corrected chi connectivity index (χ3v) is 2.96. The summed E-state index contributed by atoms with van der Waals surface area (Å²) in [6.07, 6.45) is 0.273. The highest BCUT2D eigenvalue weighted by Crippen LogP contribution is 2.18. The number of carbonyl (C=O) groups is 1. The summed E-state index contributed by atoms with van der Waals surface area (Å²) >= 11 is 5.91. The summed E-state index contributed by atoms with van der Waals surface area (Å²) in [7, 11) is 0. The summed E-state index contributed by atoms with van der Waals surface area (Å²) in [4.78, 5) is 13.7. The van der Waals surface area contributed by atoms with Crippen LogP contribution in [-0.4, -0.2) is 35.1 Å². The highest BCUT2D eigenvalue weighted by molar-refractivity contribution is 6.31. The maximum atomic E-state index is 12.1. The number of aliphatic hydroxyl groups is 1. The number of benzene rings is 1. The number of aliphatic hydroxyl groups excluding tert-OH is 1. The Morgan fingerprint density at radius 3 is 2.81 bits per heavy atom. The molecule has 1 fully saturated rings. The van der Waals surface area contributed by atoms with E-state index in [1.165, 1.54) is 0 Å². The smallest absolute Gasteiger partial charge is 0.254 e. The molecule has 1 saturated heterocycles. The number of aryl methyl sites for hydroxylation is 1. The maximum Gasteiger partial charge on any atom is 0.254 e. The quantitative estimate of drug-likeness (QED) is 0.813. The van der Waals surface area contributed by atoms with E-state index in [0.717, 1.165) is 5.56 Å². The van der Waals surface area contributed by atoms with Crippen molar-refractivity contribution in [3.63, 3.8) is 0 Å². The molecule has 16 heavy (non-hydrogen) atoms. The molecule has 0 aromatic heterocycles. The van der Waals surface area contributed by atoms with Gasteiger partial charge in [0.15, 0.2) is 0 Å². The van der Waals surface area contributed by atoms with Gasteiger partial charge in [0, 0.05) is 23.7 Å². The first kappa shape index (κ1) is 11.4. The lowest BCUT2D eigenvalue weighted by Gasteiger charge is -2.15. The van der Waals surface area contributed by atoms with Crippen LogP contribution in [0, 0.1) is 6.92 Å². The number of likely N-dealkylation sites (tertiary alicyclic amines) is 1. The molecule has 0 radical (unpaired) electrons. The zero-order valence-corrected chi connectivity index (χ0v) is 9.87. The first-order valence-electron chi connectivity index (χ1n) is 5.31. The van der Waals surface area contributed by atoms with Gasteiger partial charge in [-0.15, -0.1) is 0 Å². The monoisotopic (exact) mass is 239 g/mol. The fourth-order valence-corrected chi connectivity index (χ4v) is 2.26. The largest absolute Gasteiger partial charge is 0.391 e. The van der Waals surface area contributed by atoms with Crippen LogP contribution in [0.15, 0.2) is 18.2 Å². The lowest BCUT2D eigenvalue weighted by molar-refractivity contribution is 0.0765. The molecule has 3 nitrogen and oxygen atoms in total. The van der Waals surface area contributed by atoms with Crippen molar-refractivity contribution in [3.8, 4) is 0 Å². The van der Waals surface area contributed by atoms with Gasteiger partial charge in [-0.25, -0.2) is 0 Å². The molecule has 86 valence electrons. The first-order chi connectivity index (χ1) is 7.56. The van der Waals surface area contributed by atoms with Crippen molar-refractivity contribution in [1.29, 1.82) is 0 Å². The van der Waals surface area contributed by atoms with Crippen LogP contribution in [0.1, 0.15) is 22.3 Å². The van der Waals surface area contributed by atoms with Crippen molar-refractivity contribution in [1.82, 2.24) is 4.90 Å². The standard InChI is InChI=1S/C12H14ClNO2/c1-8-4-9(6-10(13)5-8)12(16)14-3-2-11(15)7-14/h4-6,11,15H,2-3,7H2,1H3. The average Bonchev–Trinajstić information content (AvgIpc) is 2.62. The maximum absolute atomic E-state index is 12.1. The Morgan fingerprint density at radius 1 is 1.50 bits per heavy atom. The molecule has 0 aliphatic carbocycles. The van der Waals surface area contributed by atoms with Gasteiger partial charge in [-0.3, -0.25) is 4.79 Å². The van der Waals surface area contributed by atoms with Crippen LogP contribution in [0.5, 0.6) is 0 Å². The number of halogens is 1. The Balaban J connectivity index is 2.20. The van der Waals surface area contributed by atoms with Crippen LogP contribution in [0.4, 0.5) is 0 Å². The Kier molecular flexibility index (Phi) is 3.17. The van der Waals surface area contributed by atoms with Gasteiger partial charge in [-0.05, 0) is 37.1 Å². The molecule has 4 heteroatoms. The summed E-state index contributed by atoms with van der Waals surface area (Å²) in [5, 5.41) is 9.96. The minimum atomic E-state index is -0.385. The Hall–Kier alpha value is -1.06. The van der Waals surface area contributed by atoms with Gasteiger partial charge < -0.3 is 10.0 Å². The summed E-state index contributed by atoms with van der Waals surface area (Å²) in [6, 6.07) is 5.30. The van der Waals surface area contributed by atoms with Crippen LogP contribution in [0.3, 0.4) is 0 Å². The van der Waals surface area contributed by atoms with Gasteiger partial charge in [0.2, 0.25) is 0 Å². The second-order valence-electron chi connectivity index (χ2n) is 4.21. The number of hydrogen-bond donors (Lipinski definition) is 1. The second-order valence-corrected chi connectivity index (χ2v) is 4.65. The summed E-state index contributed by atoms with van der Waals surface area (Å²) in [6.45, 7) is 2.94. The number of nitrogens with zero attached hydrogens (tertiary/aromatic N) is 1. The zero-order chi connectivity index (χ0) is 11.7. The summed E-state index contributed by atoms with van der Waals surface area (Å²) in [5.74, 6) is -0.0536. The molecule has 1 aromatic rings. The van der Waals surface area contributed by atoms with Crippen LogP contribution in [0.2, 0.25) is 5.02 Å². The van der Waals surface area contributed by atoms with Crippen molar-refractivity contribution in [2.45, 2.75) is 19.4 Å². The van der Waals surface area contributed by atoms with Crippen molar-refractivity contribution in [2.75, 3.05) is 13.1 Å². The molecule has 0 bridgehead atoms. The fourth-order valence-electron chi connectivity index (χ4n) is 1.97. The van der Waals surface area contributed by atoms with Gasteiger partial charge >= 0.3 is 0 Å². The van der Waals surface area contributed by atoms with Crippen molar-refractivity contribution < 1.29 is 9.90 Å². The normalized spacial score (nSPS) is 20.2. The van der Waals surface area contributed by atoms with Gasteiger partial charge in [0.1, 0.15) is 0 Å². The van der Waals surface area contributed by atoms with Crippen LogP contribution in [0.25, 0.3) is 0 Å². The molecular weight excluding hydrogens is 226 g/mol. The van der Waals surface area contributed by atoms with Gasteiger partial charge in [0.05, 0.1) is 6.10 Å². The van der Waals surface area contributed by atoms with Gasteiger partial charge in [-0.2, -0.15) is 0 Å². The van der Waals surface area contributed by atoms with E-state index >= 15 is 0 Å². The van der Waals surface area contributed by atoms with E-state index in [9.17, 15) is 9.90 Å². The number of β-amino-alcohol motifs (C(OH)–C–C–N with tert-alkyl or cyclic N) is 1. The zero-order valence-electron chi connectivity index (χ0n) is 9.11. The third kappa shape index (κ3) is 2.36. The fraction of sp³-hybridized carbons (Fsp3) is 0.417.